The number of rotatable bonds is 3. The van der Waals surface area contributed by atoms with Gasteiger partial charge in [-0.2, -0.15) is 0 Å². The summed E-state index contributed by atoms with van der Waals surface area (Å²) in [7, 11) is 0. The van der Waals surface area contributed by atoms with Gasteiger partial charge in [0.1, 0.15) is 0 Å². The molecule has 15 heavy (non-hydrogen) atoms. The van der Waals surface area contributed by atoms with Gasteiger partial charge < -0.3 is 9.84 Å². The largest absolute Gasteiger partial charge is 0.387 e. The minimum Gasteiger partial charge on any atom is -0.387 e. The average Bonchev–Trinajstić information content (AvgIpc) is 2.48. The van der Waals surface area contributed by atoms with Crippen molar-refractivity contribution in [3.05, 3.63) is 0 Å². The SMILES string of the molecule is CC1CCC(CN2CC(O)(C(C)C)C2)O1. The second-order valence-corrected chi connectivity index (χ2v) is 5.57. The summed E-state index contributed by atoms with van der Waals surface area (Å²) in [6.07, 6.45) is 3.20. The molecule has 2 fully saturated rings. The highest BCUT2D eigenvalue weighted by molar-refractivity contribution is 4.98. The van der Waals surface area contributed by atoms with Gasteiger partial charge in [-0.25, -0.2) is 0 Å². The molecule has 0 aromatic rings. The summed E-state index contributed by atoms with van der Waals surface area (Å²) in [5, 5.41) is 10.1. The quantitative estimate of drug-likeness (QED) is 0.766. The van der Waals surface area contributed by atoms with Gasteiger partial charge in [-0.1, -0.05) is 13.8 Å². The van der Waals surface area contributed by atoms with Gasteiger partial charge in [-0.05, 0) is 25.7 Å². The molecule has 2 rings (SSSR count). The molecule has 2 atom stereocenters. The van der Waals surface area contributed by atoms with Crippen LogP contribution in [0.1, 0.15) is 33.6 Å². The van der Waals surface area contributed by atoms with Gasteiger partial charge >= 0.3 is 0 Å². The van der Waals surface area contributed by atoms with Crippen molar-refractivity contribution in [2.45, 2.75) is 51.4 Å². The van der Waals surface area contributed by atoms with Gasteiger partial charge in [0, 0.05) is 19.6 Å². The first-order valence-electron chi connectivity index (χ1n) is 6.10. The van der Waals surface area contributed by atoms with Crippen LogP contribution in [0, 0.1) is 5.92 Å². The number of nitrogens with zero attached hydrogens (tertiary/aromatic N) is 1. The molecular formula is C12H23NO2. The molecule has 2 saturated heterocycles. The zero-order valence-electron chi connectivity index (χ0n) is 10.1. The Hall–Kier alpha value is -0.120. The Morgan fingerprint density at radius 2 is 2.07 bits per heavy atom. The van der Waals surface area contributed by atoms with Gasteiger partial charge in [0.2, 0.25) is 0 Å². The van der Waals surface area contributed by atoms with E-state index in [1.165, 1.54) is 12.8 Å². The van der Waals surface area contributed by atoms with Crippen LogP contribution >= 0.6 is 0 Å². The lowest BCUT2D eigenvalue weighted by Crippen LogP contribution is -2.65. The Labute approximate surface area is 92.4 Å². The first-order chi connectivity index (χ1) is 6.99. The Morgan fingerprint density at radius 3 is 2.53 bits per heavy atom. The molecule has 3 heteroatoms. The molecule has 0 radical (unpaired) electrons. The maximum absolute atomic E-state index is 10.1. The number of hydrogen-bond acceptors (Lipinski definition) is 3. The number of likely N-dealkylation sites (tertiary alicyclic amines) is 1. The number of hydrogen-bond donors (Lipinski definition) is 1. The molecule has 0 amide bonds. The van der Waals surface area contributed by atoms with Crippen molar-refractivity contribution in [1.82, 2.24) is 4.90 Å². The topological polar surface area (TPSA) is 32.7 Å². The van der Waals surface area contributed by atoms with E-state index < -0.39 is 5.60 Å². The second kappa shape index (κ2) is 4.04. The highest BCUT2D eigenvalue weighted by atomic mass is 16.5. The molecule has 0 aliphatic carbocycles. The number of ether oxygens (including phenoxy) is 1. The summed E-state index contributed by atoms with van der Waals surface area (Å²) in [6.45, 7) is 8.95. The van der Waals surface area contributed by atoms with Crippen LogP contribution in [0.4, 0.5) is 0 Å². The van der Waals surface area contributed by atoms with Crippen LogP contribution in [0.25, 0.3) is 0 Å². The van der Waals surface area contributed by atoms with Crippen LogP contribution in [-0.4, -0.2) is 47.4 Å². The molecule has 2 heterocycles. The Morgan fingerprint density at radius 1 is 1.40 bits per heavy atom. The average molecular weight is 213 g/mol. The molecule has 3 nitrogen and oxygen atoms in total. The van der Waals surface area contributed by atoms with Crippen molar-refractivity contribution < 1.29 is 9.84 Å². The molecule has 0 spiro atoms. The Balaban J connectivity index is 1.72. The Kier molecular flexibility index (Phi) is 3.06. The standard InChI is InChI=1S/C12H23NO2/c1-9(2)12(14)7-13(8-12)6-11-5-4-10(3)15-11/h9-11,14H,4-8H2,1-3H3. The molecule has 2 unspecified atom stereocenters. The lowest BCUT2D eigenvalue weighted by atomic mass is 9.83. The summed E-state index contributed by atoms with van der Waals surface area (Å²) in [4.78, 5) is 2.31. The number of aliphatic hydroxyl groups is 1. The first kappa shape index (κ1) is 11.4. The van der Waals surface area contributed by atoms with Crippen molar-refractivity contribution in [3.63, 3.8) is 0 Å². The monoisotopic (exact) mass is 213 g/mol. The molecular weight excluding hydrogens is 190 g/mol. The zero-order chi connectivity index (χ0) is 11.1. The normalized spacial score (nSPS) is 35.8. The molecule has 0 aromatic carbocycles. The molecule has 88 valence electrons. The Bertz CT molecular complexity index is 224. The molecule has 0 bridgehead atoms. The molecule has 1 N–H and O–H groups in total. The van der Waals surface area contributed by atoms with Gasteiger partial charge in [0.25, 0.3) is 0 Å². The van der Waals surface area contributed by atoms with Gasteiger partial charge in [0.15, 0.2) is 0 Å². The van der Waals surface area contributed by atoms with E-state index in [-0.39, 0.29) is 0 Å². The van der Waals surface area contributed by atoms with Crippen LogP contribution in [0.2, 0.25) is 0 Å². The minimum absolute atomic E-state index is 0.358. The van der Waals surface area contributed by atoms with E-state index in [1.807, 2.05) is 0 Å². The van der Waals surface area contributed by atoms with Crippen LogP contribution in [-0.2, 0) is 4.74 Å². The third kappa shape index (κ3) is 2.35. The highest BCUT2D eigenvalue weighted by Crippen LogP contribution is 2.30. The van der Waals surface area contributed by atoms with Crippen LogP contribution < -0.4 is 0 Å². The molecule has 0 aromatic heterocycles. The summed E-state index contributed by atoms with van der Waals surface area (Å²) in [5.41, 5.74) is -0.440. The molecule has 0 saturated carbocycles. The van der Waals surface area contributed by atoms with E-state index in [9.17, 15) is 5.11 Å². The minimum atomic E-state index is -0.440. The van der Waals surface area contributed by atoms with Crippen LogP contribution in [0.3, 0.4) is 0 Å². The van der Waals surface area contributed by atoms with E-state index in [1.54, 1.807) is 0 Å². The smallest absolute Gasteiger partial charge is 0.0922 e. The maximum Gasteiger partial charge on any atom is 0.0922 e. The van der Waals surface area contributed by atoms with Crippen molar-refractivity contribution in [1.29, 1.82) is 0 Å². The summed E-state index contributed by atoms with van der Waals surface area (Å²) < 4.78 is 5.77. The zero-order valence-corrected chi connectivity index (χ0v) is 10.1. The lowest BCUT2D eigenvalue weighted by molar-refractivity contribution is -0.138. The third-order valence-electron chi connectivity index (χ3n) is 3.85. The van der Waals surface area contributed by atoms with Gasteiger partial charge in [-0.3, -0.25) is 4.90 Å². The van der Waals surface area contributed by atoms with Gasteiger partial charge in [0.05, 0.1) is 17.8 Å². The van der Waals surface area contributed by atoms with Gasteiger partial charge in [-0.15, -0.1) is 0 Å². The lowest BCUT2D eigenvalue weighted by Gasteiger charge is -2.49. The van der Waals surface area contributed by atoms with E-state index in [0.717, 1.165) is 19.6 Å². The fourth-order valence-corrected chi connectivity index (χ4v) is 2.53. The van der Waals surface area contributed by atoms with E-state index >= 15 is 0 Å². The van der Waals surface area contributed by atoms with Crippen molar-refractivity contribution in [3.8, 4) is 0 Å². The second-order valence-electron chi connectivity index (χ2n) is 5.57. The van der Waals surface area contributed by atoms with Crippen molar-refractivity contribution in [2.24, 2.45) is 5.92 Å². The van der Waals surface area contributed by atoms with E-state index in [0.29, 0.717) is 18.1 Å². The molecule has 2 aliphatic heterocycles. The predicted molar refractivity (Wildman–Crippen MR) is 59.8 cm³/mol. The summed E-state index contributed by atoms with van der Waals surface area (Å²) in [5.74, 6) is 0.358. The van der Waals surface area contributed by atoms with E-state index in [2.05, 4.69) is 25.7 Å². The van der Waals surface area contributed by atoms with Crippen LogP contribution in [0.5, 0.6) is 0 Å². The maximum atomic E-state index is 10.1. The van der Waals surface area contributed by atoms with E-state index in [4.69, 9.17) is 4.74 Å². The van der Waals surface area contributed by atoms with Crippen molar-refractivity contribution >= 4 is 0 Å². The number of β-amino-alcohol motifs (C(OH)–C–C–N with tert-alkyl or cyclic N) is 1. The fraction of sp³-hybridized carbons (Fsp3) is 1.00. The first-order valence-corrected chi connectivity index (χ1v) is 6.10. The summed E-state index contributed by atoms with van der Waals surface area (Å²) >= 11 is 0. The highest BCUT2D eigenvalue weighted by Gasteiger charge is 2.44. The van der Waals surface area contributed by atoms with Crippen LogP contribution in [0.15, 0.2) is 0 Å². The fourth-order valence-electron chi connectivity index (χ4n) is 2.53. The third-order valence-corrected chi connectivity index (χ3v) is 3.85. The summed E-state index contributed by atoms with van der Waals surface area (Å²) in [6, 6.07) is 0. The molecule has 2 aliphatic rings. The van der Waals surface area contributed by atoms with Crippen molar-refractivity contribution in [2.75, 3.05) is 19.6 Å². The predicted octanol–water partition coefficient (Wildman–Crippen LogP) is 1.26.